The predicted octanol–water partition coefficient (Wildman–Crippen LogP) is 3.07. The Balaban J connectivity index is 2.26. The number of imidazole rings is 1. The van der Waals surface area contributed by atoms with Gasteiger partial charge < -0.3 is 4.57 Å². The smallest absolute Gasteiger partial charge is 0.160 e. The van der Waals surface area contributed by atoms with E-state index in [4.69, 9.17) is 0 Å². The number of rotatable bonds is 3. The van der Waals surface area contributed by atoms with Crippen molar-refractivity contribution < 1.29 is 4.21 Å². The molecule has 1 aromatic carbocycles. The second-order valence-corrected chi connectivity index (χ2v) is 6.69. The van der Waals surface area contributed by atoms with E-state index in [1.54, 1.807) is 0 Å². The summed E-state index contributed by atoms with van der Waals surface area (Å²) in [5, 5.41) is 0. The molecule has 0 amide bonds. The number of pyridine rings is 1. The molecule has 0 saturated heterocycles. The normalized spacial score (nSPS) is 12.7. The molecule has 1 atom stereocenters. The molecule has 0 aliphatic rings. The Morgan fingerprint density at radius 3 is 2.81 bits per heavy atom. The maximum Gasteiger partial charge on any atom is 0.160 e. The van der Waals surface area contributed by atoms with Gasteiger partial charge in [0.05, 0.1) is 10.8 Å². The second-order valence-electron chi connectivity index (χ2n) is 4.98. The van der Waals surface area contributed by atoms with Crippen LogP contribution in [-0.2, 0) is 17.8 Å². The first kappa shape index (κ1) is 13.9. The van der Waals surface area contributed by atoms with Crippen molar-refractivity contribution >= 4 is 22.0 Å². The Kier molecular flexibility index (Phi) is 3.59. The highest BCUT2D eigenvalue weighted by molar-refractivity contribution is 7.85. The number of hydrogen-bond donors (Lipinski definition) is 0. The molecule has 0 bridgehead atoms. The molecule has 3 rings (SSSR count). The van der Waals surface area contributed by atoms with Crippen LogP contribution >= 0.6 is 0 Å². The van der Waals surface area contributed by atoms with Gasteiger partial charge in [-0.1, -0.05) is 25.1 Å². The first-order valence-electron chi connectivity index (χ1n) is 6.88. The van der Waals surface area contributed by atoms with Crippen LogP contribution in [0.15, 0.2) is 41.4 Å². The fraction of sp³-hybridized carbons (Fsp3) is 0.250. The molecule has 2 heterocycles. The lowest BCUT2D eigenvalue weighted by molar-refractivity contribution is 0.684. The fourth-order valence-corrected chi connectivity index (χ4v) is 3.37. The Morgan fingerprint density at radius 2 is 2.05 bits per heavy atom. The zero-order chi connectivity index (χ0) is 15.0. The summed E-state index contributed by atoms with van der Waals surface area (Å²) in [6.07, 6.45) is 1.84. The molecular formula is C16H17N3OS. The van der Waals surface area contributed by atoms with E-state index in [9.17, 15) is 4.21 Å². The van der Waals surface area contributed by atoms with Gasteiger partial charge in [0.1, 0.15) is 11.3 Å². The largest absolute Gasteiger partial charge is 0.312 e. The van der Waals surface area contributed by atoms with E-state index in [0.29, 0.717) is 5.75 Å². The summed E-state index contributed by atoms with van der Waals surface area (Å²) in [5.41, 5.74) is 3.70. The Labute approximate surface area is 126 Å². The molecule has 3 aromatic rings. The van der Waals surface area contributed by atoms with Crippen LogP contribution in [0, 0.1) is 6.92 Å². The molecule has 0 N–H and O–H groups in total. The number of nitrogens with zero attached hydrogens (tertiary/aromatic N) is 3. The zero-order valence-corrected chi connectivity index (χ0v) is 13.1. The first-order chi connectivity index (χ1) is 10.1. The topological polar surface area (TPSA) is 47.8 Å². The van der Waals surface area contributed by atoms with Crippen molar-refractivity contribution in [1.82, 2.24) is 14.5 Å². The van der Waals surface area contributed by atoms with Crippen molar-refractivity contribution in [3.63, 3.8) is 0 Å². The molecule has 0 fully saturated rings. The molecule has 108 valence electrons. The third kappa shape index (κ3) is 2.38. The van der Waals surface area contributed by atoms with E-state index < -0.39 is 10.8 Å². The Morgan fingerprint density at radius 1 is 1.29 bits per heavy atom. The molecule has 21 heavy (non-hydrogen) atoms. The summed E-state index contributed by atoms with van der Waals surface area (Å²) < 4.78 is 14.2. The average molecular weight is 299 g/mol. The monoisotopic (exact) mass is 299 g/mol. The molecule has 0 spiro atoms. The molecular weight excluding hydrogens is 282 g/mol. The van der Waals surface area contributed by atoms with E-state index in [0.717, 1.165) is 33.0 Å². The summed E-state index contributed by atoms with van der Waals surface area (Å²) in [6.45, 7) is 3.92. The lowest BCUT2D eigenvalue weighted by Crippen LogP contribution is -2.00. The van der Waals surface area contributed by atoms with Crippen LogP contribution in [0.5, 0.6) is 0 Å². The molecule has 0 saturated carbocycles. The van der Waals surface area contributed by atoms with Crippen molar-refractivity contribution in [1.29, 1.82) is 0 Å². The quantitative estimate of drug-likeness (QED) is 0.746. The minimum Gasteiger partial charge on any atom is -0.312 e. The predicted molar refractivity (Wildman–Crippen MR) is 85.6 cm³/mol. The van der Waals surface area contributed by atoms with E-state index in [2.05, 4.69) is 9.97 Å². The van der Waals surface area contributed by atoms with Gasteiger partial charge in [-0.05, 0) is 24.6 Å². The van der Waals surface area contributed by atoms with Gasteiger partial charge in [-0.3, -0.25) is 4.21 Å². The summed E-state index contributed by atoms with van der Waals surface area (Å²) in [7, 11) is 0.933. The zero-order valence-electron chi connectivity index (χ0n) is 12.3. The van der Waals surface area contributed by atoms with Crippen LogP contribution in [0.3, 0.4) is 0 Å². The van der Waals surface area contributed by atoms with Gasteiger partial charge in [0.2, 0.25) is 0 Å². The fourth-order valence-electron chi connectivity index (χ4n) is 2.42. The van der Waals surface area contributed by atoms with Crippen LogP contribution in [0.1, 0.15) is 12.5 Å². The van der Waals surface area contributed by atoms with Crippen LogP contribution in [0.2, 0.25) is 0 Å². The number of hydrogen-bond acceptors (Lipinski definition) is 3. The molecule has 0 radical (unpaired) electrons. The van der Waals surface area contributed by atoms with E-state index in [-0.39, 0.29) is 0 Å². The second kappa shape index (κ2) is 5.41. The molecule has 1 unspecified atom stereocenters. The van der Waals surface area contributed by atoms with Crippen molar-refractivity contribution in [2.45, 2.75) is 18.7 Å². The van der Waals surface area contributed by atoms with Crippen LogP contribution in [0.4, 0.5) is 0 Å². The first-order valence-corrected chi connectivity index (χ1v) is 8.20. The van der Waals surface area contributed by atoms with Gasteiger partial charge in [-0.25, -0.2) is 9.97 Å². The van der Waals surface area contributed by atoms with Crippen LogP contribution < -0.4 is 0 Å². The minimum atomic E-state index is -1.01. The van der Waals surface area contributed by atoms with Gasteiger partial charge in [-0.2, -0.15) is 0 Å². The lowest BCUT2D eigenvalue weighted by Gasteiger charge is -2.08. The van der Waals surface area contributed by atoms with Crippen LogP contribution in [-0.4, -0.2) is 24.5 Å². The lowest BCUT2D eigenvalue weighted by atomic mass is 10.2. The van der Waals surface area contributed by atoms with Crippen molar-refractivity contribution in [2.75, 3.05) is 5.75 Å². The highest BCUT2D eigenvalue weighted by atomic mass is 32.2. The maximum atomic E-state index is 12.2. The highest BCUT2D eigenvalue weighted by Gasteiger charge is 2.16. The van der Waals surface area contributed by atoms with Gasteiger partial charge in [-0.15, -0.1) is 0 Å². The van der Waals surface area contributed by atoms with Gasteiger partial charge in [0.25, 0.3) is 0 Å². The third-order valence-electron chi connectivity index (χ3n) is 3.48. The van der Waals surface area contributed by atoms with Crippen molar-refractivity contribution in [3.8, 4) is 11.4 Å². The number of aryl methyl sites for hydroxylation is 2. The SMILES string of the molecule is CCS(=O)c1ccccc1-c1nc2cc(C)cnc2n1C. The third-order valence-corrected chi connectivity index (χ3v) is 4.85. The number of aromatic nitrogens is 3. The standard InChI is InChI=1S/C16H17N3OS/c1-4-21(20)14-8-6-5-7-12(14)15-18-13-9-11(2)10-17-16(13)19(15)3/h5-10H,4H2,1-3H3. The van der Waals surface area contributed by atoms with Crippen molar-refractivity contribution in [3.05, 3.63) is 42.1 Å². The average Bonchev–Trinajstić information content (AvgIpc) is 2.82. The summed E-state index contributed by atoms with van der Waals surface area (Å²) in [6, 6.07) is 9.76. The summed E-state index contributed by atoms with van der Waals surface area (Å²) in [4.78, 5) is 9.96. The number of fused-ring (bicyclic) bond motifs is 1. The Hall–Kier alpha value is -2.01. The minimum absolute atomic E-state index is 0.596. The molecule has 4 nitrogen and oxygen atoms in total. The maximum absolute atomic E-state index is 12.2. The van der Waals surface area contributed by atoms with Gasteiger partial charge >= 0.3 is 0 Å². The van der Waals surface area contributed by atoms with Gasteiger partial charge in [0, 0.05) is 29.5 Å². The highest BCUT2D eigenvalue weighted by Crippen LogP contribution is 2.28. The molecule has 0 aliphatic heterocycles. The Bertz CT molecular complexity index is 839. The number of benzene rings is 1. The molecule has 5 heteroatoms. The van der Waals surface area contributed by atoms with Gasteiger partial charge in [0.15, 0.2) is 5.65 Å². The van der Waals surface area contributed by atoms with E-state index >= 15 is 0 Å². The van der Waals surface area contributed by atoms with Crippen molar-refractivity contribution in [2.24, 2.45) is 7.05 Å². The summed E-state index contributed by atoms with van der Waals surface area (Å²) in [5.74, 6) is 1.40. The molecule has 2 aromatic heterocycles. The van der Waals surface area contributed by atoms with E-state index in [1.807, 2.05) is 62.0 Å². The summed E-state index contributed by atoms with van der Waals surface area (Å²) >= 11 is 0. The molecule has 0 aliphatic carbocycles. The van der Waals surface area contributed by atoms with Crippen LogP contribution in [0.25, 0.3) is 22.6 Å². The van der Waals surface area contributed by atoms with E-state index in [1.165, 1.54) is 0 Å².